The highest BCUT2D eigenvalue weighted by molar-refractivity contribution is 6.44. The fraction of sp³-hybridized carbons (Fsp3) is 0.556. The Morgan fingerprint density at radius 2 is 2.36 bits per heavy atom. The smallest absolute Gasteiger partial charge is 0.522 e. The number of nitrogens with zero attached hydrogens (tertiary/aromatic N) is 1. The predicted octanol–water partition coefficient (Wildman–Crippen LogP) is 2.23. The molecule has 14 heavy (non-hydrogen) atoms. The summed E-state index contributed by atoms with van der Waals surface area (Å²) in [6.07, 6.45) is 2.26. The molecule has 0 unspecified atom stereocenters. The van der Waals surface area contributed by atoms with Crippen LogP contribution in [0, 0.1) is 0 Å². The molecule has 0 atom stereocenters. The second kappa shape index (κ2) is 3.87. The van der Waals surface area contributed by atoms with Gasteiger partial charge in [0.2, 0.25) is 0 Å². The zero-order chi connectivity index (χ0) is 10.1. The van der Waals surface area contributed by atoms with Crippen LogP contribution in [0.25, 0.3) is 0 Å². The second-order valence-corrected chi connectivity index (χ2v) is 3.87. The van der Waals surface area contributed by atoms with Gasteiger partial charge in [-0.15, -0.1) is 0 Å². The zero-order valence-corrected chi connectivity index (χ0v) is 9.17. The van der Waals surface area contributed by atoms with Crippen LogP contribution in [0.5, 0.6) is 5.88 Å². The summed E-state index contributed by atoms with van der Waals surface area (Å²) in [5.41, 5.74) is 1.26. The lowest BCUT2D eigenvalue weighted by Gasteiger charge is -2.12. The van der Waals surface area contributed by atoms with Crippen molar-refractivity contribution < 1.29 is 9.31 Å². The van der Waals surface area contributed by atoms with Crippen molar-refractivity contribution in [2.24, 2.45) is 0 Å². The van der Waals surface area contributed by atoms with Crippen molar-refractivity contribution in [3.05, 3.63) is 16.8 Å². The molecule has 0 aromatic carbocycles. The molecular formula is C9H13BClNO2. The number of hydrogen-bond acceptors (Lipinski definition) is 2. The summed E-state index contributed by atoms with van der Waals surface area (Å²) in [4.78, 5) is 0. The van der Waals surface area contributed by atoms with E-state index in [1.807, 2.05) is 12.9 Å². The van der Waals surface area contributed by atoms with E-state index in [4.69, 9.17) is 20.9 Å². The summed E-state index contributed by atoms with van der Waals surface area (Å²) in [5.74, 6) is 0.744. The number of rotatable bonds is 3. The first-order chi connectivity index (χ1) is 6.72. The predicted molar refractivity (Wildman–Crippen MR) is 57.0 cm³/mol. The molecule has 0 saturated carbocycles. The van der Waals surface area contributed by atoms with E-state index in [1.54, 1.807) is 7.11 Å². The molecule has 2 rings (SSSR count). The van der Waals surface area contributed by atoms with Gasteiger partial charge in [0, 0.05) is 19.3 Å². The number of hydrogen-bond donors (Lipinski definition) is 0. The van der Waals surface area contributed by atoms with Crippen molar-refractivity contribution in [1.82, 2.24) is 4.57 Å². The van der Waals surface area contributed by atoms with Crippen LogP contribution in [0.1, 0.15) is 12.1 Å². The molecule has 0 spiro atoms. The molecule has 1 aromatic heterocycles. The highest BCUT2D eigenvalue weighted by Crippen LogP contribution is 2.33. The van der Waals surface area contributed by atoms with E-state index in [2.05, 4.69) is 4.57 Å². The first-order valence-corrected chi connectivity index (χ1v) is 5.17. The Hall–Kier alpha value is -0.605. The van der Waals surface area contributed by atoms with Crippen LogP contribution in [0.2, 0.25) is 11.8 Å². The fourth-order valence-corrected chi connectivity index (χ4v) is 2.01. The molecule has 0 aliphatic carbocycles. The van der Waals surface area contributed by atoms with Crippen LogP contribution in [-0.4, -0.2) is 18.8 Å². The summed E-state index contributed by atoms with van der Waals surface area (Å²) in [5, 5.41) is 0.684. The van der Waals surface area contributed by atoms with Crippen LogP contribution in [0.3, 0.4) is 0 Å². The van der Waals surface area contributed by atoms with Crippen LogP contribution in [0.4, 0.5) is 0 Å². The van der Waals surface area contributed by atoms with Crippen molar-refractivity contribution in [1.29, 1.82) is 0 Å². The van der Waals surface area contributed by atoms with Crippen molar-refractivity contribution in [2.45, 2.75) is 26.2 Å². The summed E-state index contributed by atoms with van der Waals surface area (Å²) >= 11 is 6.06. The van der Waals surface area contributed by atoms with Gasteiger partial charge in [-0.05, 0) is 25.7 Å². The standard InChI is InChI=1S/C9H13BClNO2/c1-10(13-2)14-9-8(11)6-7-4-3-5-12(7)9/h6H,3-5H2,1-2H3. The van der Waals surface area contributed by atoms with Gasteiger partial charge in [-0.3, -0.25) is 0 Å². The van der Waals surface area contributed by atoms with Crippen molar-refractivity contribution in [3.63, 3.8) is 0 Å². The summed E-state index contributed by atoms with van der Waals surface area (Å²) in [6, 6.07) is 1.98. The van der Waals surface area contributed by atoms with Crippen LogP contribution >= 0.6 is 11.6 Å². The maximum Gasteiger partial charge on any atom is 0.522 e. The highest BCUT2D eigenvalue weighted by atomic mass is 35.5. The minimum absolute atomic E-state index is 0.257. The lowest BCUT2D eigenvalue weighted by molar-refractivity contribution is 0.330. The van der Waals surface area contributed by atoms with E-state index < -0.39 is 0 Å². The van der Waals surface area contributed by atoms with Gasteiger partial charge < -0.3 is 13.9 Å². The average Bonchev–Trinajstić information content (AvgIpc) is 2.70. The van der Waals surface area contributed by atoms with Crippen molar-refractivity contribution in [3.8, 4) is 5.88 Å². The monoisotopic (exact) mass is 213 g/mol. The molecule has 3 nitrogen and oxygen atoms in total. The van der Waals surface area contributed by atoms with Gasteiger partial charge in [0.25, 0.3) is 0 Å². The lowest BCUT2D eigenvalue weighted by atomic mass is 9.96. The molecule has 0 saturated heterocycles. The molecule has 0 bridgehead atoms. The molecule has 2 heterocycles. The van der Waals surface area contributed by atoms with Crippen LogP contribution < -0.4 is 4.65 Å². The Labute approximate surface area is 89.1 Å². The Morgan fingerprint density at radius 3 is 3.07 bits per heavy atom. The van der Waals surface area contributed by atoms with Crippen molar-refractivity contribution >= 4 is 18.7 Å². The minimum atomic E-state index is -0.257. The molecule has 76 valence electrons. The van der Waals surface area contributed by atoms with E-state index in [-0.39, 0.29) is 7.12 Å². The SMILES string of the molecule is COB(C)Oc1c(Cl)cc2n1CCC2. The molecule has 5 heteroatoms. The number of fused-ring (bicyclic) bond motifs is 1. The zero-order valence-electron chi connectivity index (χ0n) is 8.42. The summed E-state index contributed by atoms with van der Waals surface area (Å²) in [6.45, 7) is 2.85. The van der Waals surface area contributed by atoms with E-state index >= 15 is 0 Å². The van der Waals surface area contributed by atoms with Gasteiger partial charge in [-0.25, -0.2) is 0 Å². The maximum absolute atomic E-state index is 6.06. The molecular weight excluding hydrogens is 200 g/mol. The number of aromatic nitrogens is 1. The average molecular weight is 213 g/mol. The number of halogens is 1. The van der Waals surface area contributed by atoms with E-state index in [0.717, 1.165) is 18.8 Å². The second-order valence-electron chi connectivity index (χ2n) is 3.47. The Bertz CT molecular complexity index is 340. The Morgan fingerprint density at radius 1 is 1.57 bits per heavy atom. The Balaban J connectivity index is 2.24. The molecule has 1 aliphatic rings. The Kier molecular flexibility index (Phi) is 2.74. The van der Waals surface area contributed by atoms with Gasteiger partial charge >= 0.3 is 7.12 Å². The summed E-state index contributed by atoms with van der Waals surface area (Å²) < 4.78 is 12.8. The molecule has 0 amide bonds. The van der Waals surface area contributed by atoms with Crippen molar-refractivity contribution in [2.75, 3.05) is 7.11 Å². The maximum atomic E-state index is 6.06. The summed E-state index contributed by atoms with van der Waals surface area (Å²) in [7, 11) is 1.36. The van der Waals surface area contributed by atoms with Gasteiger partial charge in [-0.2, -0.15) is 0 Å². The fourth-order valence-electron chi connectivity index (χ4n) is 1.74. The quantitative estimate of drug-likeness (QED) is 0.719. The largest absolute Gasteiger partial charge is 0.522 e. The third-order valence-electron chi connectivity index (χ3n) is 2.51. The van der Waals surface area contributed by atoms with E-state index in [0.29, 0.717) is 5.02 Å². The van der Waals surface area contributed by atoms with E-state index in [1.165, 1.54) is 12.1 Å². The van der Waals surface area contributed by atoms with Gasteiger partial charge in [0.05, 0.1) is 0 Å². The molecule has 1 aromatic rings. The molecule has 0 radical (unpaired) electrons. The van der Waals surface area contributed by atoms with Gasteiger partial charge in [0.15, 0.2) is 5.88 Å². The van der Waals surface area contributed by atoms with Gasteiger partial charge in [-0.1, -0.05) is 11.6 Å². The van der Waals surface area contributed by atoms with Crippen LogP contribution in [0.15, 0.2) is 6.07 Å². The van der Waals surface area contributed by atoms with Crippen LogP contribution in [-0.2, 0) is 17.6 Å². The first kappa shape index (κ1) is 9.93. The van der Waals surface area contributed by atoms with Gasteiger partial charge in [0.1, 0.15) is 5.02 Å². The molecule has 0 fully saturated rings. The molecule has 1 aliphatic heterocycles. The topological polar surface area (TPSA) is 23.4 Å². The lowest BCUT2D eigenvalue weighted by Crippen LogP contribution is -2.21. The third-order valence-corrected chi connectivity index (χ3v) is 2.78. The minimum Gasteiger partial charge on any atom is -0.522 e. The third kappa shape index (κ3) is 1.64. The number of aryl methyl sites for hydroxylation is 1. The normalized spacial score (nSPS) is 14.2. The first-order valence-electron chi connectivity index (χ1n) is 4.79. The van der Waals surface area contributed by atoms with E-state index in [9.17, 15) is 0 Å². The molecule has 0 N–H and O–H groups in total. The highest BCUT2D eigenvalue weighted by Gasteiger charge is 2.22.